The fraction of sp³-hybridized carbons (Fsp3) is 0.500. The maximum atomic E-state index is 11.9. The van der Waals surface area contributed by atoms with Crippen LogP contribution in [-0.2, 0) is 9.53 Å². The van der Waals surface area contributed by atoms with Crippen LogP contribution in [0.5, 0.6) is 0 Å². The molecule has 0 unspecified atom stereocenters. The minimum absolute atomic E-state index is 0.133. The summed E-state index contributed by atoms with van der Waals surface area (Å²) < 4.78 is 5.04. The van der Waals surface area contributed by atoms with Gasteiger partial charge in [-0.05, 0) is 31.0 Å². The predicted octanol–water partition coefficient (Wildman–Crippen LogP) is 2.21. The average molecular weight is 292 g/mol. The molecule has 5 heteroatoms. The molecule has 0 aliphatic carbocycles. The Morgan fingerprint density at radius 2 is 1.90 bits per heavy atom. The van der Waals surface area contributed by atoms with Gasteiger partial charge in [0.25, 0.3) is 5.91 Å². The fourth-order valence-corrected chi connectivity index (χ4v) is 1.89. The van der Waals surface area contributed by atoms with E-state index in [1.807, 2.05) is 38.9 Å². The highest BCUT2D eigenvalue weighted by molar-refractivity contribution is 5.92. The lowest BCUT2D eigenvalue weighted by molar-refractivity contribution is -0.125. The molecule has 0 spiro atoms. The van der Waals surface area contributed by atoms with E-state index in [1.165, 1.54) is 0 Å². The van der Waals surface area contributed by atoms with E-state index >= 15 is 0 Å². The van der Waals surface area contributed by atoms with Crippen LogP contribution in [0, 0.1) is 0 Å². The molecule has 1 aromatic rings. The molecule has 0 bridgehead atoms. The Morgan fingerprint density at radius 1 is 1.24 bits per heavy atom. The zero-order valence-corrected chi connectivity index (χ0v) is 13.2. The van der Waals surface area contributed by atoms with E-state index in [0.29, 0.717) is 5.56 Å². The zero-order chi connectivity index (χ0) is 15.8. The summed E-state index contributed by atoms with van der Waals surface area (Å²) in [7, 11) is 3.79. The number of hydrogen-bond acceptors (Lipinski definition) is 4. The summed E-state index contributed by atoms with van der Waals surface area (Å²) in [6.07, 6.45) is 1.72. The van der Waals surface area contributed by atoms with Gasteiger partial charge in [-0.25, -0.2) is 4.79 Å². The van der Waals surface area contributed by atoms with Crippen molar-refractivity contribution < 1.29 is 14.3 Å². The Hall–Kier alpha value is -2.04. The molecule has 0 atom stereocenters. The topological polar surface area (TPSA) is 58.6 Å². The summed E-state index contributed by atoms with van der Waals surface area (Å²) >= 11 is 0. The minimum Gasteiger partial charge on any atom is -0.452 e. The van der Waals surface area contributed by atoms with Crippen LogP contribution in [0.2, 0.25) is 0 Å². The van der Waals surface area contributed by atoms with Crippen molar-refractivity contribution in [1.29, 1.82) is 0 Å². The van der Waals surface area contributed by atoms with Gasteiger partial charge in [-0.15, -0.1) is 0 Å². The van der Waals surface area contributed by atoms with E-state index in [1.54, 1.807) is 18.2 Å². The Bertz CT molecular complexity index is 482. The highest BCUT2D eigenvalue weighted by Crippen LogP contribution is 2.14. The number of hydrogen-bond donors (Lipinski definition) is 1. The molecule has 116 valence electrons. The molecular weight excluding hydrogens is 268 g/mol. The molecule has 0 aliphatic rings. The fourth-order valence-electron chi connectivity index (χ4n) is 1.89. The van der Waals surface area contributed by atoms with Crippen molar-refractivity contribution in [3.8, 4) is 0 Å². The molecule has 1 rings (SSSR count). The van der Waals surface area contributed by atoms with Crippen LogP contribution in [0.3, 0.4) is 0 Å². The van der Waals surface area contributed by atoms with E-state index in [4.69, 9.17) is 4.74 Å². The number of anilines is 1. The van der Waals surface area contributed by atoms with Crippen LogP contribution in [0.4, 0.5) is 5.69 Å². The number of nitrogens with zero attached hydrogens (tertiary/aromatic N) is 1. The van der Waals surface area contributed by atoms with Gasteiger partial charge in [0.1, 0.15) is 0 Å². The smallest absolute Gasteiger partial charge is 0.338 e. The lowest BCUT2D eigenvalue weighted by Crippen LogP contribution is -2.36. The van der Waals surface area contributed by atoms with Crippen LogP contribution >= 0.6 is 0 Å². The number of ether oxygens (including phenoxy) is 1. The van der Waals surface area contributed by atoms with Crippen molar-refractivity contribution in [2.24, 2.45) is 0 Å². The van der Waals surface area contributed by atoms with Crippen molar-refractivity contribution in [3.05, 3.63) is 29.8 Å². The van der Waals surface area contributed by atoms with E-state index < -0.39 is 5.97 Å². The highest BCUT2D eigenvalue weighted by Gasteiger charge is 2.13. The number of carbonyl (C=O) groups is 2. The van der Waals surface area contributed by atoms with E-state index in [9.17, 15) is 9.59 Å². The number of carbonyl (C=O) groups excluding carboxylic acids is 2. The summed E-state index contributed by atoms with van der Waals surface area (Å²) in [4.78, 5) is 25.5. The first kappa shape index (κ1) is 17.0. The molecule has 0 heterocycles. The SMILES string of the molecule is CCC(CC)NC(=O)COC(=O)c1cccc(N(C)C)c1. The summed E-state index contributed by atoms with van der Waals surface area (Å²) in [5.74, 6) is -0.751. The third-order valence-corrected chi connectivity index (χ3v) is 3.28. The van der Waals surface area contributed by atoms with Crippen molar-refractivity contribution >= 4 is 17.6 Å². The van der Waals surface area contributed by atoms with Gasteiger partial charge in [0, 0.05) is 25.8 Å². The maximum Gasteiger partial charge on any atom is 0.338 e. The first-order valence-corrected chi connectivity index (χ1v) is 7.21. The molecule has 0 radical (unpaired) electrons. The molecule has 5 nitrogen and oxygen atoms in total. The first-order valence-electron chi connectivity index (χ1n) is 7.21. The van der Waals surface area contributed by atoms with Crippen LogP contribution in [-0.4, -0.2) is 38.6 Å². The summed E-state index contributed by atoms with van der Waals surface area (Å²) in [5.41, 5.74) is 1.35. The average Bonchev–Trinajstić information content (AvgIpc) is 2.50. The molecule has 1 aromatic carbocycles. The van der Waals surface area contributed by atoms with Gasteiger partial charge in [-0.2, -0.15) is 0 Å². The molecule has 21 heavy (non-hydrogen) atoms. The molecule has 0 fully saturated rings. The highest BCUT2D eigenvalue weighted by atomic mass is 16.5. The third kappa shape index (κ3) is 5.45. The molecule has 0 saturated carbocycles. The quantitative estimate of drug-likeness (QED) is 0.783. The first-order chi connectivity index (χ1) is 9.97. The second-order valence-corrected chi connectivity index (χ2v) is 5.10. The Kier molecular flexibility index (Phi) is 6.72. The lowest BCUT2D eigenvalue weighted by atomic mass is 10.2. The van der Waals surface area contributed by atoms with Crippen LogP contribution in [0.15, 0.2) is 24.3 Å². The molecular formula is C16H24N2O3. The monoisotopic (exact) mass is 292 g/mol. The van der Waals surface area contributed by atoms with Crippen molar-refractivity contribution in [1.82, 2.24) is 5.32 Å². The van der Waals surface area contributed by atoms with Gasteiger partial charge in [0.15, 0.2) is 6.61 Å². The van der Waals surface area contributed by atoms with E-state index in [-0.39, 0.29) is 18.6 Å². The Morgan fingerprint density at radius 3 is 2.48 bits per heavy atom. The van der Waals surface area contributed by atoms with Gasteiger partial charge in [0.2, 0.25) is 0 Å². The number of rotatable bonds is 7. The van der Waals surface area contributed by atoms with Crippen molar-refractivity contribution in [2.75, 3.05) is 25.6 Å². The largest absolute Gasteiger partial charge is 0.452 e. The molecule has 1 amide bonds. The lowest BCUT2D eigenvalue weighted by Gasteiger charge is -2.15. The Balaban J connectivity index is 2.54. The van der Waals surface area contributed by atoms with Gasteiger partial charge in [-0.1, -0.05) is 19.9 Å². The van der Waals surface area contributed by atoms with Crippen molar-refractivity contribution in [3.63, 3.8) is 0 Å². The molecule has 0 aliphatic heterocycles. The number of amides is 1. The van der Waals surface area contributed by atoms with Gasteiger partial charge in [0.05, 0.1) is 5.56 Å². The minimum atomic E-state index is -0.488. The molecule has 1 N–H and O–H groups in total. The van der Waals surface area contributed by atoms with Crippen molar-refractivity contribution in [2.45, 2.75) is 32.7 Å². The third-order valence-electron chi connectivity index (χ3n) is 3.28. The van der Waals surface area contributed by atoms with Gasteiger partial charge >= 0.3 is 5.97 Å². The van der Waals surface area contributed by atoms with Crippen LogP contribution in [0.1, 0.15) is 37.0 Å². The summed E-state index contributed by atoms with van der Waals surface area (Å²) in [6, 6.07) is 7.23. The molecule has 0 saturated heterocycles. The number of benzene rings is 1. The maximum absolute atomic E-state index is 11.9. The van der Waals surface area contributed by atoms with Crippen LogP contribution < -0.4 is 10.2 Å². The van der Waals surface area contributed by atoms with E-state index in [0.717, 1.165) is 18.5 Å². The van der Waals surface area contributed by atoms with Crippen LogP contribution in [0.25, 0.3) is 0 Å². The second-order valence-electron chi connectivity index (χ2n) is 5.10. The molecule has 0 aromatic heterocycles. The zero-order valence-electron chi connectivity index (χ0n) is 13.2. The predicted molar refractivity (Wildman–Crippen MR) is 83.6 cm³/mol. The summed E-state index contributed by atoms with van der Waals surface area (Å²) in [6.45, 7) is 3.77. The van der Waals surface area contributed by atoms with E-state index in [2.05, 4.69) is 5.32 Å². The number of nitrogens with one attached hydrogen (secondary N) is 1. The Labute approximate surface area is 126 Å². The normalized spacial score (nSPS) is 10.3. The summed E-state index contributed by atoms with van der Waals surface area (Å²) in [5, 5.41) is 2.83. The van der Waals surface area contributed by atoms with Gasteiger partial charge < -0.3 is 15.0 Å². The standard InChI is InChI=1S/C16H24N2O3/c1-5-13(6-2)17-15(19)11-21-16(20)12-8-7-9-14(10-12)18(3)4/h7-10,13H,5-6,11H2,1-4H3,(H,17,19). The van der Waals surface area contributed by atoms with Gasteiger partial charge in [-0.3, -0.25) is 4.79 Å². The number of esters is 1. The second kappa shape index (κ2) is 8.29.